The molecule has 3 fully saturated rings. The van der Waals surface area contributed by atoms with E-state index in [9.17, 15) is 19.2 Å². The van der Waals surface area contributed by atoms with Crippen LogP contribution in [0.1, 0.15) is 44.9 Å². The van der Waals surface area contributed by atoms with Gasteiger partial charge in [0, 0.05) is 25.9 Å². The van der Waals surface area contributed by atoms with E-state index in [2.05, 4.69) is 5.32 Å². The van der Waals surface area contributed by atoms with Gasteiger partial charge in [-0.1, -0.05) is 25.0 Å². The summed E-state index contributed by atoms with van der Waals surface area (Å²) in [7, 11) is 0. The van der Waals surface area contributed by atoms with Crippen LogP contribution in [0.25, 0.3) is 0 Å². The van der Waals surface area contributed by atoms with Gasteiger partial charge in [-0.05, 0) is 31.4 Å². The fraction of sp³-hybridized carbons (Fsp3) is 0.524. The number of nitrogens with one attached hydrogen (secondary N) is 1. The second-order valence-electron chi connectivity index (χ2n) is 7.79. The summed E-state index contributed by atoms with van der Waals surface area (Å²) in [5, 5.41) is 2.84. The Morgan fingerprint density at radius 1 is 1.00 bits per heavy atom. The largest absolute Gasteiger partial charge is 0.324 e. The molecule has 1 N–H and O–H groups in total. The Balaban J connectivity index is 1.39. The van der Waals surface area contributed by atoms with E-state index < -0.39 is 0 Å². The Bertz CT molecular complexity index is 798. The average molecular weight is 383 g/mol. The molecule has 28 heavy (non-hydrogen) atoms. The smallest absolute Gasteiger partial charge is 0.233 e. The molecule has 7 heteroatoms. The van der Waals surface area contributed by atoms with Crippen LogP contribution < -0.4 is 10.2 Å². The fourth-order valence-electron chi connectivity index (χ4n) is 4.59. The molecule has 0 unspecified atom stereocenters. The van der Waals surface area contributed by atoms with Crippen molar-refractivity contribution in [2.75, 3.05) is 23.3 Å². The van der Waals surface area contributed by atoms with Gasteiger partial charge in [0.25, 0.3) is 0 Å². The van der Waals surface area contributed by atoms with Crippen LogP contribution in [0.2, 0.25) is 0 Å². The molecule has 7 nitrogen and oxygen atoms in total. The number of fused-ring (bicyclic) bond motifs is 1. The first-order valence-electron chi connectivity index (χ1n) is 10.1. The monoisotopic (exact) mass is 383 g/mol. The molecule has 1 saturated carbocycles. The highest BCUT2D eigenvalue weighted by atomic mass is 16.2. The third kappa shape index (κ3) is 3.41. The topological polar surface area (TPSA) is 86.8 Å². The Hall–Kier alpha value is -2.70. The summed E-state index contributed by atoms with van der Waals surface area (Å²) in [4.78, 5) is 52.5. The predicted octanol–water partition coefficient (Wildman–Crippen LogP) is 2.32. The van der Waals surface area contributed by atoms with Gasteiger partial charge in [0.05, 0.1) is 23.2 Å². The first-order valence-corrected chi connectivity index (χ1v) is 10.1. The number of nitrogens with zero attached hydrogens (tertiary/aromatic N) is 2. The van der Waals surface area contributed by atoms with E-state index in [0.717, 1.165) is 32.1 Å². The molecule has 2 saturated heterocycles. The molecule has 4 amide bonds. The van der Waals surface area contributed by atoms with Gasteiger partial charge in [0.2, 0.25) is 23.6 Å². The van der Waals surface area contributed by atoms with Crippen molar-refractivity contribution in [2.24, 2.45) is 11.8 Å². The SMILES string of the molecule is O=C(CCN1C(=O)[C@H]2CCCC[C@@H]2C1=O)Nc1ccccc1N1CCCC1=O. The van der Waals surface area contributed by atoms with Crippen molar-refractivity contribution in [1.82, 2.24) is 4.90 Å². The number of hydrogen-bond acceptors (Lipinski definition) is 4. The molecular weight excluding hydrogens is 358 g/mol. The molecule has 4 rings (SSSR count). The van der Waals surface area contributed by atoms with Gasteiger partial charge in [0.15, 0.2) is 0 Å². The van der Waals surface area contributed by atoms with Crippen LogP contribution in [-0.4, -0.2) is 41.6 Å². The molecule has 3 aliphatic rings. The lowest BCUT2D eigenvalue weighted by Gasteiger charge is -2.20. The number of benzene rings is 1. The Morgan fingerprint density at radius 2 is 1.68 bits per heavy atom. The minimum absolute atomic E-state index is 0.0533. The van der Waals surface area contributed by atoms with Gasteiger partial charge in [-0.15, -0.1) is 0 Å². The average Bonchev–Trinajstić information content (AvgIpc) is 3.23. The standard InChI is InChI=1S/C21H25N3O4/c25-18(11-13-24-20(27)14-6-1-2-7-15(14)21(24)28)22-16-8-3-4-9-17(16)23-12-5-10-19(23)26/h3-4,8-9,14-15H,1-2,5-7,10-13H2,(H,22,25)/t14-,15-/m0/s1. The van der Waals surface area contributed by atoms with E-state index in [1.54, 1.807) is 17.0 Å². The number of rotatable bonds is 5. The zero-order chi connectivity index (χ0) is 19.7. The van der Waals surface area contributed by atoms with Crippen molar-refractivity contribution < 1.29 is 19.2 Å². The molecule has 2 aliphatic heterocycles. The van der Waals surface area contributed by atoms with Crippen LogP contribution in [-0.2, 0) is 19.2 Å². The second-order valence-corrected chi connectivity index (χ2v) is 7.79. The molecule has 1 aromatic carbocycles. The Labute approximate surface area is 164 Å². The third-order valence-electron chi connectivity index (χ3n) is 6.04. The van der Waals surface area contributed by atoms with Crippen molar-refractivity contribution in [1.29, 1.82) is 0 Å². The fourth-order valence-corrected chi connectivity index (χ4v) is 4.59. The molecule has 0 spiro atoms. The summed E-state index contributed by atoms with van der Waals surface area (Å²) in [6.07, 6.45) is 4.90. The lowest BCUT2D eigenvalue weighted by Crippen LogP contribution is -2.34. The summed E-state index contributed by atoms with van der Waals surface area (Å²) < 4.78 is 0. The molecule has 2 heterocycles. The van der Waals surface area contributed by atoms with Crippen LogP contribution in [0, 0.1) is 11.8 Å². The van der Waals surface area contributed by atoms with Gasteiger partial charge >= 0.3 is 0 Å². The first-order chi connectivity index (χ1) is 13.6. The van der Waals surface area contributed by atoms with E-state index >= 15 is 0 Å². The number of anilines is 2. The molecule has 0 aromatic heterocycles. The van der Waals surface area contributed by atoms with Gasteiger partial charge in [-0.3, -0.25) is 24.1 Å². The summed E-state index contributed by atoms with van der Waals surface area (Å²) in [5.74, 6) is -0.833. The van der Waals surface area contributed by atoms with Crippen LogP contribution in [0.15, 0.2) is 24.3 Å². The molecule has 1 aliphatic carbocycles. The molecule has 2 atom stereocenters. The van der Waals surface area contributed by atoms with Crippen molar-refractivity contribution in [3.05, 3.63) is 24.3 Å². The molecular formula is C21H25N3O4. The highest BCUT2D eigenvalue weighted by Crippen LogP contribution is 2.38. The lowest BCUT2D eigenvalue weighted by molar-refractivity contribution is -0.140. The van der Waals surface area contributed by atoms with E-state index in [-0.39, 0.29) is 48.4 Å². The van der Waals surface area contributed by atoms with Crippen LogP contribution in [0.3, 0.4) is 0 Å². The van der Waals surface area contributed by atoms with Crippen molar-refractivity contribution in [3.63, 3.8) is 0 Å². The summed E-state index contributed by atoms with van der Waals surface area (Å²) in [5.41, 5.74) is 1.27. The molecule has 0 radical (unpaired) electrons. The minimum atomic E-state index is -0.269. The predicted molar refractivity (Wildman–Crippen MR) is 103 cm³/mol. The molecule has 148 valence electrons. The number of para-hydroxylation sites is 2. The Kier molecular flexibility index (Phi) is 5.15. The normalized spacial score (nSPS) is 24.6. The lowest BCUT2D eigenvalue weighted by atomic mass is 9.81. The molecule has 0 bridgehead atoms. The number of amides is 4. The Morgan fingerprint density at radius 3 is 2.32 bits per heavy atom. The zero-order valence-electron chi connectivity index (χ0n) is 15.9. The van der Waals surface area contributed by atoms with Crippen molar-refractivity contribution >= 4 is 35.0 Å². The van der Waals surface area contributed by atoms with Crippen LogP contribution in [0.5, 0.6) is 0 Å². The van der Waals surface area contributed by atoms with Gasteiger partial charge in [-0.25, -0.2) is 0 Å². The minimum Gasteiger partial charge on any atom is -0.324 e. The third-order valence-corrected chi connectivity index (χ3v) is 6.04. The van der Waals surface area contributed by atoms with Gasteiger partial charge < -0.3 is 10.2 Å². The number of hydrogen-bond donors (Lipinski definition) is 1. The zero-order valence-corrected chi connectivity index (χ0v) is 15.9. The number of likely N-dealkylation sites (tertiary alicyclic amines) is 1. The van der Waals surface area contributed by atoms with Gasteiger partial charge in [-0.2, -0.15) is 0 Å². The van der Waals surface area contributed by atoms with Crippen LogP contribution >= 0.6 is 0 Å². The number of imide groups is 1. The van der Waals surface area contributed by atoms with E-state index in [4.69, 9.17) is 0 Å². The maximum Gasteiger partial charge on any atom is 0.233 e. The number of carbonyl (C=O) groups is 4. The van der Waals surface area contributed by atoms with Crippen LogP contribution in [0.4, 0.5) is 11.4 Å². The maximum atomic E-state index is 12.5. The van der Waals surface area contributed by atoms with E-state index in [1.807, 2.05) is 12.1 Å². The van der Waals surface area contributed by atoms with E-state index in [1.165, 1.54) is 4.90 Å². The highest BCUT2D eigenvalue weighted by Gasteiger charge is 2.47. The molecule has 1 aromatic rings. The first kappa shape index (κ1) is 18.7. The quantitative estimate of drug-likeness (QED) is 0.791. The second kappa shape index (κ2) is 7.73. The van der Waals surface area contributed by atoms with Crippen molar-refractivity contribution in [3.8, 4) is 0 Å². The summed E-state index contributed by atoms with van der Waals surface area (Å²) in [6, 6.07) is 7.22. The van der Waals surface area contributed by atoms with Crippen molar-refractivity contribution in [2.45, 2.75) is 44.9 Å². The summed E-state index contributed by atoms with van der Waals surface area (Å²) >= 11 is 0. The highest BCUT2D eigenvalue weighted by molar-refractivity contribution is 6.06. The summed E-state index contributed by atoms with van der Waals surface area (Å²) in [6.45, 7) is 0.757. The van der Waals surface area contributed by atoms with E-state index in [0.29, 0.717) is 24.3 Å². The maximum absolute atomic E-state index is 12.5. The van der Waals surface area contributed by atoms with Gasteiger partial charge in [0.1, 0.15) is 0 Å². The number of carbonyl (C=O) groups excluding carboxylic acids is 4.